The summed E-state index contributed by atoms with van der Waals surface area (Å²) in [6.45, 7) is 0. The van der Waals surface area contributed by atoms with Crippen molar-refractivity contribution in [2.24, 2.45) is 0 Å². The number of methoxy groups -OCH3 is 1. The first kappa shape index (κ1) is 10.7. The summed E-state index contributed by atoms with van der Waals surface area (Å²) in [5, 5.41) is 0. The Hall–Kier alpha value is -1.35. The van der Waals surface area contributed by atoms with E-state index in [1.807, 2.05) is 0 Å². The van der Waals surface area contributed by atoms with Crippen LogP contribution < -0.4 is 0 Å². The van der Waals surface area contributed by atoms with Crippen molar-refractivity contribution in [3.63, 3.8) is 0 Å². The van der Waals surface area contributed by atoms with Gasteiger partial charge in [-0.1, -0.05) is 6.08 Å². The third kappa shape index (κ3) is 2.85. The SMILES string of the molecule is COC(=O)c1ccnc(C=CCCl)c1. The Balaban J connectivity index is 2.89. The first-order valence-corrected chi connectivity index (χ1v) is 4.58. The molecule has 0 unspecified atom stereocenters. The predicted molar refractivity (Wildman–Crippen MR) is 55.3 cm³/mol. The molecule has 0 amide bonds. The number of esters is 1. The molecule has 4 heteroatoms. The molecular formula is C10H10ClNO2. The molecule has 74 valence electrons. The number of carbonyl (C=O) groups is 1. The van der Waals surface area contributed by atoms with Crippen LogP contribution in [0.25, 0.3) is 6.08 Å². The highest BCUT2D eigenvalue weighted by Crippen LogP contribution is 2.05. The Morgan fingerprint density at radius 1 is 1.71 bits per heavy atom. The van der Waals surface area contributed by atoms with Crippen LogP contribution in [0.2, 0.25) is 0 Å². The van der Waals surface area contributed by atoms with E-state index in [9.17, 15) is 4.79 Å². The third-order valence-electron chi connectivity index (χ3n) is 1.58. The highest BCUT2D eigenvalue weighted by Gasteiger charge is 2.04. The topological polar surface area (TPSA) is 39.2 Å². The largest absolute Gasteiger partial charge is 0.465 e. The fourth-order valence-electron chi connectivity index (χ4n) is 0.950. The Bertz CT molecular complexity index is 350. The van der Waals surface area contributed by atoms with E-state index in [-0.39, 0.29) is 5.97 Å². The van der Waals surface area contributed by atoms with Gasteiger partial charge in [0.05, 0.1) is 18.4 Å². The lowest BCUT2D eigenvalue weighted by atomic mass is 10.2. The predicted octanol–water partition coefficient (Wildman–Crippen LogP) is 2.12. The van der Waals surface area contributed by atoms with Gasteiger partial charge in [-0.3, -0.25) is 4.98 Å². The first-order chi connectivity index (χ1) is 6.77. The number of hydrogen-bond acceptors (Lipinski definition) is 3. The average Bonchev–Trinajstić information content (AvgIpc) is 2.25. The van der Waals surface area contributed by atoms with Crippen molar-refractivity contribution in [2.45, 2.75) is 0 Å². The molecule has 1 aromatic heterocycles. The van der Waals surface area contributed by atoms with E-state index in [1.54, 1.807) is 30.5 Å². The lowest BCUT2D eigenvalue weighted by Crippen LogP contribution is -2.01. The van der Waals surface area contributed by atoms with Gasteiger partial charge in [0.15, 0.2) is 0 Å². The summed E-state index contributed by atoms with van der Waals surface area (Å²) in [6.07, 6.45) is 5.06. The number of nitrogens with zero attached hydrogens (tertiary/aromatic N) is 1. The molecule has 0 aliphatic carbocycles. The fourth-order valence-corrected chi connectivity index (χ4v) is 1.04. The summed E-state index contributed by atoms with van der Waals surface area (Å²) in [5.74, 6) is 0.0531. The van der Waals surface area contributed by atoms with Crippen LogP contribution in [0.4, 0.5) is 0 Å². The molecule has 0 bridgehead atoms. The van der Waals surface area contributed by atoms with Crippen molar-refractivity contribution in [2.75, 3.05) is 13.0 Å². The van der Waals surface area contributed by atoms with E-state index in [1.165, 1.54) is 7.11 Å². The molecule has 3 nitrogen and oxygen atoms in total. The molecule has 14 heavy (non-hydrogen) atoms. The monoisotopic (exact) mass is 211 g/mol. The summed E-state index contributed by atoms with van der Waals surface area (Å²) in [4.78, 5) is 15.2. The van der Waals surface area contributed by atoms with Crippen LogP contribution in [0.3, 0.4) is 0 Å². The fraction of sp³-hybridized carbons (Fsp3) is 0.200. The number of aromatic nitrogens is 1. The Kier molecular flexibility index (Phi) is 4.13. The van der Waals surface area contributed by atoms with E-state index >= 15 is 0 Å². The summed E-state index contributed by atoms with van der Waals surface area (Å²) in [5.41, 5.74) is 1.17. The second-order valence-corrected chi connectivity index (χ2v) is 2.83. The quantitative estimate of drug-likeness (QED) is 0.568. The molecule has 0 aliphatic rings. The normalized spacial score (nSPS) is 10.4. The molecule has 0 aliphatic heterocycles. The highest BCUT2D eigenvalue weighted by molar-refractivity contribution is 6.19. The molecule has 0 N–H and O–H groups in total. The minimum atomic E-state index is -0.368. The molecule has 0 spiro atoms. The highest BCUT2D eigenvalue weighted by atomic mass is 35.5. The maximum atomic E-state index is 11.1. The van der Waals surface area contributed by atoms with E-state index in [2.05, 4.69) is 9.72 Å². The zero-order valence-corrected chi connectivity index (χ0v) is 8.49. The van der Waals surface area contributed by atoms with Crippen molar-refractivity contribution in [3.8, 4) is 0 Å². The molecule has 1 aromatic rings. The van der Waals surface area contributed by atoms with E-state index < -0.39 is 0 Å². The van der Waals surface area contributed by atoms with Crippen LogP contribution in [-0.2, 0) is 4.74 Å². The van der Waals surface area contributed by atoms with Gasteiger partial charge in [-0.2, -0.15) is 0 Å². The average molecular weight is 212 g/mol. The second-order valence-electron chi connectivity index (χ2n) is 2.52. The standard InChI is InChI=1S/C10H10ClNO2/c1-14-10(13)8-4-6-12-9(7-8)3-2-5-11/h2-4,6-7H,5H2,1H3. The molecule has 1 heterocycles. The van der Waals surface area contributed by atoms with Crippen LogP contribution in [0, 0.1) is 0 Å². The summed E-state index contributed by atoms with van der Waals surface area (Å²) >= 11 is 5.47. The van der Waals surface area contributed by atoms with Crippen molar-refractivity contribution >= 4 is 23.6 Å². The number of alkyl halides is 1. The van der Waals surface area contributed by atoms with Gasteiger partial charge in [0, 0.05) is 12.1 Å². The Labute approximate surface area is 87.4 Å². The number of rotatable bonds is 3. The summed E-state index contributed by atoms with van der Waals surface area (Å²) in [6, 6.07) is 3.25. The van der Waals surface area contributed by atoms with Gasteiger partial charge in [0.25, 0.3) is 0 Å². The van der Waals surface area contributed by atoms with Crippen LogP contribution >= 0.6 is 11.6 Å². The number of pyridine rings is 1. The van der Waals surface area contributed by atoms with Crippen molar-refractivity contribution in [3.05, 3.63) is 35.7 Å². The molecule has 0 aromatic carbocycles. The number of hydrogen-bond donors (Lipinski definition) is 0. The van der Waals surface area contributed by atoms with Gasteiger partial charge in [0.1, 0.15) is 0 Å². The van der Waals surface area contributed by atoms with E-state index in [0.29, 0.717) is 17.1 Å². The molecule has 0 fully saturated rings. The minimum absolute atomic E-state index is 0.368. The van der Waals surface area contributed by atoms with E-state index in [0.717, 1.165) is 0 Å². The molecule has 0 saturated carbocycles. The van der Waals surface area contributed by atoms with Crippen LogP contribution in [0.1, 0.15) is 16.1 Å². The van der Waals surface area contributed by atoms with Crippen LogP contribution in [-0.4, -0.2) is 23.9 Å². The number of carbonyl (C=O) groups excluding carboxylic acids is 1. The molecule has 0 radical (unpaired) electrons. The minimum Gasteiger partial charge on any atom is -0.465 e. The number of halogens is 1. The molecular weight excluding hydrogens is 202 g/mol. The van der Waals surface area contributed by atoms with Gasteiger partial charge >= 0.3 is 5.97 Å². The van der Waals surface area contributed by atoms with Crippen molar-refractivity contribution < 1.29 is 9.53 Å². The van der Waals surface area contributed by atoms with Gasteiger partial charge < -0.3 is 4.74 Å². The zero-order chi connectivity index (χ0) is 10.4. The lowest BCUT2D eigenvalue weighted by Gasteiger charge is -1.98. The third-order valence-corrected chi connectivity index (χ3v) is 1.76. The van der Waals surface area contributed by atoms with Gasteiger partial charge in [0.2, 0.25) is 0 Å². The molecule has 0 atom stereocenters. The molecule has 1 rings (SSSR count). The van der Waals surface area contributed by atoms with Crippen LogP contribution in [0.5, 0.6) is 0 Å². The first-order valence-electron chi connectivity index (χ1n) is 4.05. The maximum absolute atomic E-state index is 11.1. The smallest absolute Gasteiger partial charge is 0.337 e. The van der Waals surface area contributed by atoms with Crippen molar-refractivity contribution in [1.82, 2.24) is 4.98 Å². The maximum Gasteiger partial charge on any atom is 0.337 e. The van der Waals surface area contributed by atoms with Crippen molar-refractivity contribution in [1.29, 1.82) is 0 Å². The summed E-state index contributed by atoms with van der Waals surface area (Å²) in [7, 11) is 1.34. The van der Waals surface area contributed by atoms with Gasteiger partial charge in [-0.15, -0.1) is 11.6 Å². The lowest BCUT2D eigenvalue weighted by molar-refractivity contribution is 0.0600. The number of allylic oxidation sites excluding steroid dienone is 1. The second kappa shape index (κ2) is 5.40. The van der Waals surface area contributed by atoms with E-state index in [4.69, 9.17) is 11.6 Å². The Morgan fingerprint density at radius 2 is 2.50 bits per heavy atom. The summed E-state index contributed by atoms with van der Waals surface area (Å²) < 4.78 is 4.58. The van der Waals surface area contributed by atoms with Gasteiger partial charge in [-0.05, 0) is 18.2 Å². The Morgan fingerprint density at radius 3 is 3.14 bits per heavy atom. The van der Waals surface area contributed by atoms with Gasteiger partial charge in [-0.25, -0.2) is 4.79 Å². The van der Waals surface area contributed by atoms with Crippen LogP contribution in [0.15, 0.2) is 24.4 Å². The number of ether oxygens (including phenoxy) is 1. The zero-order valence-electron chi connectivity index (χ0n) is 7.74. The molecule has 0 saturated heterocycles.